The third kappa shape index (κ3) is 5.58. The van der Waals surface area contributed by atoms with E-state index in [4.69, 9.17) is 4.74 Å². The minimum Gasteiger partial charge on any atom is -0.378 e. The number of ether oxygens (including phenoxy) is 1. The van der Waals surface area contributed by atoms with E-state index in [0.717, 1.165) is 24.2 Å². The highest BCUT2D eigenvalue weighted by atomic mass is 32.1. The molecule has 0 bridgehead atoms. The van der Waals surface area contributed by atoms with Gasteiger partial charge in [0.2, 0.25) is 0 Å². The first-order valence-corrected chi connectivity index (χ1v) is 7.59. The lowest BCUT2D eigenvalue weighted by molar-refractivity contribution is 0.00103. The molecule has 1 nitrogen and oxygen atoms in total. The predicted molar refractivity (Wildman–Crippen MR) is 74.2 cm³/mol. The van der Waals surface area contributed by atoms with E-state index < -0.39 is 0 Å². The van der Waals surface area contributed by atoms with Crippen molar-refractivity contribution < 1.29 is 4.74 Å². The van der Waals surface area contributed by atoms with Gasteiger partial charge < -0.3 is 4.74 Å². The first-order valence-electron chi connectivity index (χ1n) is 6.96. The van der Waals surface area contributed by atoms with Crippen LogP contribution in [0, 0.1) is 11.8 Å². The Hall–Kier alpha value is 0.310. The molecule has 0 aliphatic heterocycles. The molecule has 3 atom stereocenters. The summed E-state index contributed by atoms with van der Waals surface area (Å²) >= 11 is 4.22. The fourth-order valence-corrected chi connectivity index (χ4v) is 2.69. The van der Waals surface area contributed by atoms with Crippen molar-refractivity contribution in [1.29, 1.82) is 0 Å². The molecule has 0 aromatic carbocycles. The van der Waals surface area contributed by atoms with Crippen LogP contribution in [-0.2, 0) is 4.74 Å². The maximum absolute atomic E-state index is 5.96. The van der Waals surface area contributed by atoms with E-state index in [2.05, 4.69) is 26.5 Å². The molecular formula is C14H28OS. The molecule has 1 rings (SSSR count). The fourth-order valence-electron chi connectivity index (χ4n) is 2.47. The van der Waals surface area contributed by atoms with Crippen molar-refractivity contribution in [3.05, 3.63) is 0 Å². The highest BCUT2D eigenvalue weighted by molar-refractivity contribution is 7.80. The van der Waals surface area contributed by atoms with E-state index in [1.807, 2.05) is 0 Å². The maximum atomic E-state index is 5.96. The maximum Gasteiger partial charge on any atom is 0.0577 e. The molecule has 0 spiro atoms. The predicted octanol–water partition coefficient (Wildman–Crippen LogP) is 4.32. The zero-order valence-electron chi connectivity index (χ0n) is 11.0. The first kappa shape index (κ1) is 14.4. The molecule has 1 aliphatic rings. The second-order valence-corrected chi connectivity index (χ2v) is 5.85. The quantitative estimate of drug-likeness (QED) is 0.518. The smallest absolute Gasteiger partial charge is 0.0577 e. The standard InChI is InChI=1S/C14H28OS/c1-12-7-8-14(11-13(12)2)15-9-5-3-4-6-10-16/h12-14,16H,3-11H2,1-2H3. The molecule has 16 heavy (non-hydrogen) atoms. The number of unbranched alkanes of at least 4 members (excludes halogenated alkanes) is 3. The van der Waals surface area contributed by atoms with E-state index in [-0.39, 0.29) is 0 Å². The summed E-state index contributed by atoms with van der Waals surface area (Å²) in [4.78, 5) is 0. The van der Waals surface area contributed by atoms with Crippen LogP contribution >= 0.6 is 12.6 Å². The lowest BCUT2D eigenvalue weighted by Gasteiger charge is -2.31. The van der Waals surface area contributed by atoms with E-state index in [9.17, 15) is 0 Å². The van der Waals surface area contributed by atoms with Gasteiger partial charge in [0.1, 0.15) is 0 Å². The second-order valence-electron chi connectivity index (χ2n) is 5.40. The fraction of sp³-hybridized carbons (Fsp3) is 1.00. The third-order valence-electron chi connectivity index (χ3n) is 3.96. The molecule has 1 fully saturated rings. The van der Waals surface area contributed by atoms with Crippen LogP contribution in [0.1, 0.15) is 58.8 Å². The molecule has 2 heteroatoms. The molecule has 0 aromatic rings. The van der Waals surface area contributed by atoms with Gasteiger partial charge in [0.15, 0.2) is 0 Å². The molecule has 3 unspecified atom stereocenters. The Morgan fingerprint density at radius 2 is 1.75 bits per heavy atom. The van der Waals surface area contributed by atoms with Crippen molar-refractivity contribution >= 4 is 12.6 Å². The highest BCUT2D eigenvalue weighted by Gasteiger charge is 2.24. The normalized spacial score (nSPS) is 30.6. The van der Waals surface area contributed by atoms with Gasteiger partial charge in [-0.25, -0.2) is 0 Å². The van der Waals surface area contributed by atoms with Gasteiger partial charge in [0.05, 0.1) is 6.10 Å². The molecule has 96 valence electrons. The first-order chi connectivity index (χ1) is 7.74. The molecule has 0 aromatic heterocycles. The molecule has 0 radical (unpaired) electrons. The monoisotopic (exact) mass is 244 g/mol. The van der Waals surface area contributed by atoms with Crippen LogP contribution in [0.5, 0.6) is 0 Å². The minimum atomic E-state index is 0.552. The van der Waals surface area contributed by atoms with E-state index in [1.165, 1.54) is 44.9 Å². The van der Waals surface area contributed by atoms with Crippen LogP contribution in [-0.4, -0.2) is 18.5 Å². The number of hydrogen-bond donors (Lipinski definition) is 1. The van der Waals surface area contributed by atoms with Crippen molar-refractivity contribution in [3.8, 4) is 0 Å². The molecular weight excluding hydrogens is 216 g/mol. The Morgan fingerprint density at radius 1 is 1.00 bits per heavy atom. The molecule has 0 amide bonds. The van der Waals surface area contributed by atoms with Crippen molar-refractivity contribution in [1.82, 2.24) is 0 Å². The van der Waals surface area contributed by atoms with Gasteiger partial charge in [0.25, 0.3) is 0 Å². The second kappa shape index (κ2) is 8.41. The number of hydrogen-bond acceptors (Lipinski definition) is 2. The summed E-state index contributed by atoms with van der Waals surface area (Å²) in [5.41, 5.74) is 0. The summed E-state index contributed by atoms with van der Waals surface area (Å²) in [6.45, 7) is 5.71. The molecule has 0 heterocycles. The van der Waals surface area contributed by atoms with Gasteiger partial charge in [-0.2, -0.15) is 12.6 Å². The van der Waals surface area contributed by atoms with Crippen LogP contribution < -0.4 is 0 Å². The minimum absolute atomic E-state index is 0.552. The SMILES string of the molecule is CC1CCC(OCCCCCCS)CC1C. The lowest BCUT2D eigenvalue weighted by Crippen LogP contribution is -2.26. The average molecular weight is 244 g/mol. The molecule has 1 aliphatic carbocycles. The topological polar surface area (TPSA) is 9.23 Å². The van der Waals surface area contributed by atoms with Crippen LogP contribution in [0.3, 0.4) is 0 Å². The van der Waals surface area contributed by atoms with Gasteiger partial charge in [0, 0.05) is 6.61 Å². The summed E-state index contributed by atoms with van der Waals surface area (Å²) in [6.07, 6.45) is 9.56. The van der Waals surface area contributed by atoms with Gasteiger partial charge in [-0.3, -0.25) is 0 Å². The summed E-state index contributed by atoms with van der Waals surface area (Å²) in [7, 11) is 0. The summed E-state index contributed by atoms with van der Waals surface area (Å²) in [6, 6.07) is 0. The van der Waals surface area contributed by atoms with E-state index >= 15 is 0 Å². The van der Waals surface area contributed by atoms with Gasteiger partial charge >= 0.3 is 0 Å². The number of thiol groups is 1. The average Bonchev–Trinajstić information content (AvgIpc) is 2.28. The Labute approximate surface area is 107 Å². The van der Waals surface area contributed by atoms with E-state index in [0.29, 0.717) is 6.10 Å². The van der Waals surface area contributed by atoms with Crippen molar-refractivity contribution in [2.75, 3.05) is 12.4 Å². The Balaban J connectivity index is 1.97. The number of rotatable bonds is 7. The summed E-state index contributed by atoms with van der Waals surface area (Å²) in [5.74, 6) is 2.77. The van der Waals surface area contributed by atoms with Crippen LogP contribution in [0.4, 0.5) is 0 Å². The van der Waals surface area contributed by atoms with Crippen molar-refractivity contribution in [3.63, 3.8) is 0 Å². The molecule has 0 saturated heterocycles. The van der Waals surface area contributed by atoms with Crippen LogP contribution in [0.15, 0.2) is 0 Å². The zero-order chi connectivity index (χ0) is 11.8. The largest absolute Gasteiger partial charge is 0.378 e. The highest BCUT2D eigenvalue weighted by Crippen LogP contribution is 2.30. The van der Waals surface area contributed by atoms with Gasteiger partial charge in [-0.05, 0) is 49.7 Å². The third-order valence-corrected chi connectivity index (χ3v) is 4.27. The summed E-state index contributed by atoms with van der Waals surface area (Å²) < 4.78 is 5.96. The van der Waals surface area contributed by atoms with Gasteiger partial charge in [-0.15, -0.1) is 0 Å². The van der Waals surface area contributed by atoms with Crippen LogP contribution in [0.25, 0.3) is 0 Å². The van der Waals surface area contributed by atoms with Gasteiger partial charge in [-0.1, -0.05) is 26.7 Å². The van der Waals surface area contributed by atoms with Crippen molar-refractivity contribution in [2.45, 2.75) is 64.9 Å². The lowest BCUT2D eigenvalue weighted by atomic mass is 9.80. The zero-order valence-corrected chi connectivity index (χ0v) is 11.8. The summed E-state index contributed by atoms with van der Waals surface area (Å²) in [5, 5.41) is 0. The Bertz CT molecular complexity index is 172. The van der Waals surface area contributed by atoms with Crippen LogP contribution in [0.2, 0.25) is 0 Å². The van der Waals surface area contributed by atoms with Crippen molar-refractivity contribution in [2.24, 2.45) is 11.8 Å². The van der Waals surface area contributed by atoms with E-state index in [1.54, 1.807) is 0 Å². The molecule has 0 N–H and O–H groups in total. The Kier molecular flexibility index (Phi) is 7.55. The Morgan fingerprint density at radius 3 is 2.44 bits per heavy atom. The molecule has 1 saturated carbocycles.